The highest BCUT2D eigenvalue weighted by molar-refractivity contribution is 7.85. The number of carbonyl (C=O) groups is 3. The Morgan fingerprint density at radius 2 is 1.85 bits per heavy atom. The van der Waals surface area contributed by atoms with E-state index < -0.39 is 52.8 Å². The van der Waals surface area contributed by atoms with E-state index in [1.165, 1.54) is 6.92 Å². The predicted octanol–water partition coefficient (Wildman–Crippen LogP) is -1.12. The van der Waals surface area contributed by atoms with Crippen molar-refractivity contribution in [2.45, 2.75) is 26.3 Å². The molecule has 0 fully saturated rings. The van der Waals surface area contributed by atoms with Crippen molar-refractivity contribution in [2.24, 2.45) is 0 Å². The third kappa shape index (κ3) is 9.28. The molecule has 9 nitrogen and oxygen atoms in total. The maximum atomic E-state index is 11.4. The number of hydrogen-bond donors (Lipinski definition) is 2. The highest BCUT2D eigenvalue weighted by Gasteiger charge is 2.23. The van der Waals surface area contributed by atoms with Crippen LogP contribution in [0, 0.1) is 0 Å². The number of carbonyl (C=O) groups excluding carboxylic acids is 3. The van der Waals surface area contributed by atoms with Crippen molar-refractivity contribution in [3.63, 3.8) is 0 Å². The second-order valence-electron chi connectivity index (χ2n) is 3.72. The van der Waals surface area contributed by atoms with Crippen molar-refractivity contribution < 1.29 is 36.8 Å². The molecule has 0 aromatic heterocycles. The molecule has 1 amide bonds. The molecule has 0 radical (unpaired) electrons. The predicted molar refractivity (Wildman–Crippen MR) is 66.2 cm³/mol. The van der Waals surface area contributed by atoms with E-state index in [9.17, 15) is 22.8 Å². The Balaban J connectivity index is 4.34. The van der Waals surface area contributed by atoms with Gasteiger partial charge in [0, 0.05) is 6.92 Å². The van der Waals surface area contributed by atoms with Gasteiger partial charge in [-0.1, -0.05) is 0 Å². The van der Waals surface area contributed by atoms with Crippen molar-refractivity contribution in [1.29, 1.82) is 0 Å². The van der Waals surface area contributed by atoms with Crippen molar-refractivity contribution in [1.82, 2.24) is 5.32 Å². The Morgan fingerprint density at radius 1 is 1.25 bits per heavy atom. The molecule has 1 atom stereocenters. The van der Waals surface area contributed by atoms with Crippen LogP contribution < -0.4 is 5.32 Å². The summed E-state index contributed by atoms with van der Waals surface area (Å²) < 4.78 is 38.6. The first-order valence-electron chi connectivity index (χ1n) is 5.70. The lowest BCUT2D eigenvalue weighted by atomic mass is 10.3. The molecule has 0 aromatic carbocycles. The Morgan fingerprint density at radius 3 is 2.30 bits per heavy atom. The molecule has 0 aliphatic carbocycles. The van der Waals surface area contributed by atoms with E-state index in [-0.39, 0.29) is 6.61 Å². The fourth-order valence-electron chi connectivity index (χ4n) is 1.12. The van der Waals surface area contributed by atoms with Crippen LogP contribution in [-0.4, -0.2) is 55.8 Å². The highest BCUT2D eigenvalue weighted by Crippen LogP contribution is 1.96. The Labute approximate surface area is 116 Å². The molecule has 0 aliphatic heterocycles. The molecule has 20 heavy (non-hydrogen) atoms. The standard InChI is InChI=1S/C10H17NO8S/c1-3-18-10(14)8(11-7(2)12)6-19-9(13)4-5-20(15,16)17/h8H,3-6H2,1-2H3,(H,11,12)(H,15,16,17). The summed E-state index contributed by atoms with van der Waals surface area (Å²) >= 11 is 0. The minimum absolute atomic E-state index is 0.0889. The van der Waals surface area contributed by atoms with Crippen LogP contribution in [0.15, 0.2) is 0 Å². The molecule has 0 bridgehead atoms. The monoisotopic (exact) mass is 311 g/mol. The van der Waals surface area contributed by atoms with Gasteiger partial charge in [-0.15, -0.1) is 0 Å². The maximum absolute atomic E-state index is 11.4. The van der Waals surface area contributed by atoms with Gasteiger partial charge in [0.15, 0.2) is 6.04 Å². The molecular formula is C10H17NO8S. The van der Waals surface area contributed by atoms with Crippen LogP contribution in [0.4, 0.5) is 0 Å². The van der Waals surface area contributed by atoms with E-state index in [1.807, 2.05) is 0 Å². The number of esters is 2. The van der Waals surface area contributed by atoms with Gasteiger partial charge >= 0.3 is 11.9 Å². The van der Waals surface area contributed by atoms with Crippen LogP contribution in [-0.2, 0) is 34.0 Å². The van der Waals surface area contributed by atoms with E-state index >= 15 is 0 Å². The SMILES string of the molecule is CCOC(=O)C(COC(=O)CCS(=O)(=O)O)NC(C)=O. The molecule has 1 unspecified atom stereocenters. The van der Waals surface area contributed by atoms with Gasteiger partial charge < -0.3 is 14.8 Å². The first-order valence-corrected chi connectivity index (χ1v) is 7.31. The molecule has 0 heterocycles. The molecule has 0 aromatic rings. The topological polar surface area (TPSA) is 136 Å². The number of nitrogens with one attached hydrogen (secondary N) is 1. The van der Waals surface area contributed by atoms with Crippen LogP contribution in [0.5, 0.6) is 0 Å². The summed E-state index contributed by atoms with van der Waals surface area (Å²) in [5.74, 6) is -3.00. The molecule has 116 valence electrons. The average Bonchev–Trinajstić information content (AvgIpc) is 2.30. The lowest BCUT2D eigenvalue weighted by Crippen LogP contribution is -2.44. The molecule has 0 spiro atoms. The van der Waals surface area contributed by atoms with Crippen molar-refractivity contribution >= 4 is 28.0 Å². The Hall–Kier alpha value is -1.68. The molecule has 0 saturated carbocycles. The van der Waals surface area contributed by atoms with Crippen LogP contribution >= 0.6 is 0 Å². The van der Waals surface area contributed by atoms with Gasteiger partial charge in [0.05, 0.1) is 18.8 Å². The van der Waals surface area contributed by atoms with E-state index in [2.05, 4.69) is 14.8 Å². The van der Waals surface area contributed by atoms with Gasteiger partial charge in [-0.2, -0.15) is 8.42 Å². The van der Waals surface area contributed by atoms with Crippen molar-refractivity contribution in [3.05, 3.63) is 0 Å². The summed E-state index contributed by atoms with van der Waals surface area (Å²) in [6.07, 6.45) is -0.561. The summed E-state index contributed by atoms with van der Waals surface area (Å²) in [6, 6.07) is -1.16. The molecule has 0 saturated heterocycles. The smallest absolute Gasteiger partial charge is 0.332 e. The number of rotatable bonds is 8. The fourth-order valence-corrected chi connectivity index (χ4v) is 1.54. The fraction of sp³-hybridized carbons (Fsp3) is 0.700. The summed E-state index contributed by atoms with van der Waals surface area (Å²) in [6.45, 7) is 2.35. The molecular weight excluding hydrogens is 294 g/mol. The summed E-state index contributed by atoms with van der Waals surface area (Å²) in [7, 11) is -4.26. The molecule has 2 N–H and O–H groups in total. The number of amides is 1. The van der Waals surface area contributed by atoms with Crippen LogP contribution in [0.1, 0.15) is 20.3 Å². The summed E-state index contributed by atoms with van der Waals surface area (Å²) in [4.78, 5) is 33.5. The first kappa shape index (κ1) is 18.3. The molecule has 0 rings (SSSR count). The largest absolute Gasteiger partial charge is 0.464 e. The number of hydrogen-bond acceptors (Lipinski definition) is 7. The van der Waals surface area contributed by atoms with E-state index in [4.69, 9.17) is 4.55 Å². The van der Waals surface area contributed by atoms with Gasteiger partial charge in [0.1, 0.15) is 6.61 Å². The molecule has 0 aliphatic rings. The third-order valence-corrected chi connectivity index (χ3v) is 2.64. The Bertz CT molecular complexity index is 458. The normalized spacial score (nSPS) is 12.3. The van der Waals surface area contributed by atoms with Crippen LogP contribution in [0.3, 0.4) is 0 Å². The van der Waals surface area contributed by atoms with Gasteiger partial charge in [-0.25, -0.2) is 4.79 Å². The van der Waals surface area contributed by atoms with Gasteiger partial charge in [0.2, 0.25) is 5.91 Å². The second-order valence-corrected chi connectivity index (χ2v) is 5.30. The van der Waals surface area contributed by atoms with E-state index in [0.29, 0.717) is 0 Å². The maximum Gasteiger partial charge on any atom is 0.332 e. The van der Waals surface area contributed by atoms with Gasteiger partial charge in [-0.3, -0.25) is 14.1 Å². The van der Waals surface area contributed by atoms with Crippen LogP contribution in [0.2, 0.25) is 0 Å². The van der Waals surface area contributed by atoms with Crippen LogP contribution in [0.25, 0.3) is 0 Å². The Kier molecular flexibility index (Phi) is 7.77. The van der Waals surface area contributed by atoms with E-state index in [0.717, 1.165) is 0 Å². The second kappa shape index (κ2) is 8.48. The summed E-state index contributed by atoms with van der Waals surface area (Å²) in [5, 5.41) is 2.23. The zero-order valence-corrected chi connectivity index (χ0v) is 11.9. The van der Waals surface area contributed by atoms with E-state index in [1.54, 1.807) is 6.92 Å². The zero-order valence-electron chi connectivity index (χ0n) is 11.1. The minimum Gasteiger partial charge on any atom is -0.464 e. The van der Waals surface area contributed by atoms with Crippen molar-refractivity contribution in [2.75, 3.05) is 19.0 Å². The van der Waals surface area contributed by atoms with Gasteiger partial charge in [0.25, 0.3) is 10.1 Å². The molecule has 10 heteroatoms. The van der Waals surface area contributed by atoms with Crippen molar-refractivity contribution in [3.8, 4) is 0 Å². The zero-order chi connectivity index (χ0) is 15.8. The highest BCUT2D eigenvalue weighted by atomic mass is 32.2. The summed E-state index contributed by atoms with van der Waals surface area (Å²) in [5.41, 5.74) is 0. The number of ether oxygens (including phenoxy) is 2. The lowest BCUT2D eigenvalue weighted by molar-refractivity contribution is -0.153. The third-order valence-electron chi connectivity index (χ3n) is 1.92. The lowest BCUT2D eigenvalue weighted by Gasteiger charge is -2.16. The average molecular weight is 311 g/mol. The minimum atomic E-state index is -4.26. The van der Waals surface area contributed by atoms with Gasteiger partial charge in [-0.05, 0) is 6.92 Å². The quantitative estimate of drug-likeness (QED) is 0.425. The first-order chi connectivity index (χ1) is 9.15.